The standard InChI is InChI=1S/C19H21N3O5/c1-5-8-21-12(2)9-15(13(21)3)18(23)11-27-19(24)16-10-14(22(25)26)6-7-17(16)20-4/h5-7,9-10,20H,1,8,11H2,2-4H3. The molecule has 0 amide bonds. The van der Waals surface area contributed by atoms with Crippen LogP contribution in [0.3, 0.4) is 0 Å². The number of non-ortho nitro benzene ring substituents is 1. The minimum atomic E-state index is -0.809. The summed E-state index contributed by atoms with van der Waals surface area (Å²) in [5, 5.41) is 13.7. The molecule has 2 aromatic rings. The molecule has 0 aliphatic carbocycles. The van der Waals surface area contributed by atoms with Crippen LogP contribution < -0.4 is 5.32 Å². The summed E-state index contributed by atoms with van der Waals surface area (Å²) in [6.45, 7) is 7.50. The van der Waals surface area contributed by atoms with Crippen LogP contribution in [-0.2, 0) is 11.3 Å². The number of nitrogens with zero attached hydrogens (tertiary/aromatic N) is 2. The summed E-state index contributed by atoms with van der Waals surface area (Å²) in [6, 6.07) is 5.55. The number of ether oxygens (including phenoxy) is 1. The molecule has 1 N–H and O–H groups in total. The number of esters is 1. The van der Waals surface area contributed by atoms with E-state index in [9.17, 15) is 19.7 Å². The van der Waals surface area contributed by atoms with E-state index in [-0.39, 0.29) is 17.0 Å². The summed E-state index contributed by atoms with van der Waals surface area (Å²) in [4.78, 5) is 35.1. The van der Waals surface area contributed by atoms with Gasteiger partial charge in [-0.3, -0.25) is 14.9 Å². The van der Waals surface area contributed by atoms with E-state index in [2.05, 4.69) is 11.9 Å². The zero-order chi connectivity index (χ0) is 20.1. The van der Waals surface area contributed by atoms with Crippen LogP contribution in [0.15, 0.2) is 36.9 Å². The van der Waals surface area contributed by atoms with Crippen LogP contribution >= 0.6 is 0 Å². The first-order valence-corrected chi connectivity index (χ1v) is 8.24. The average Bonchev–Trinajstić information content (AvgIpc) is 2.93. The van der Waals surface area contributed by atoms with Gasteiger partial charge in [-0.05, 0) is 26.0 Å². The van der Waals surface area contributed by atoms with Crippen LogP contribution in [-0.4, -0.2) is 34.9 Å². The number of nitro benzene ring substituents is 1. The van der Waals surface area contributed by atoms with Gasteiger partial charge in [0.1, 0.15) is 0 Å². The molecule has 1 aromatic heterocycles. The molecule has 0 saturated carbocycles. The number of aromatic nitrogens is 1. The minimum absolute atomic E-state index is 0.00312. The van der Waals surface area contributed by atoms with Crippen molar-refractivity contribution in [2.24, 2.45) is 0 Å². The third-order valence-corrected chi connectivity index (χ3v) is 4.22. The average molecular weight is 371 g/mol. The molecule has 8 nitrogen and oxygen atoms in total. The summed E-state index contributed by atoms with van der Waals surface area (Å²) in [6.07, 6.45) is 1.73. The second kappa shape index (κ2) is 8.31. The van der Waals surface area contributed by atoms with E-state index >= 15 is 0 Å². The Bertz CT molecular complexity index is 914. The minimum Gasteiger partial charge on any atom is -0.454 e. The van der Waals surface area contributed by atoms with Crippen LogP contribution in [0.1, 0.15) is 32.1 Å². The van der Waals surface area contributed by atoms with Gasteiger partial charge in [0.2, 0.25) is 5.78 Å². The topological polar surface area (TPSA) is 103 Å². The highest BCUT2D eigenvalue weighted by molar-refractivity contribution is 6.02. The van der Waals surface area contributed by atoms with Gasteiger partial charge in [-0.15, -0.1) is 6.58 Å². The van der Waals surface area contributed by atoms with Crippen molar-refractivity contribution in [3.05, 3.63) is 69.5 Å². The highest BCUT2D eigenvalue weighted by Crippen LogP contribution is 2.23. The lowest BCUT2D eigenvalue weighted by molar-refractivity contribution is -0.384. The largest absolute Gasteiger partial charge is 0.454 e. The number of anilines is 1. The lowest BCUT2D eigenvalue weighted by atomic mass is 10.1. The fraction of sp³-hybridized carbons (Fsp3) is 0.263. The van der Waals surface area contributed by atoms with E-state index in [1.54, 1.807) is 19.2 Å². The number of ketones is 1. The van der Waals surface area contributed by atoms with Crippen molar-refractivity contribution in [1.29, 1.82) is 0 Å². The Labute approximate surface area is 156 Å². The van der Waals surface area contributed by atoms with Crippen molar-refractivity contribution in [3.8, 4) is 0 Å². The first-order valence-electron chi connectivity index (χ1n) is 8.24. The molecule has 0 bridgehead atoms. The molecule has 1 aromatic carbocycles. The fourth-order valence-electron chi connectivity index (χ4n) is 2.81. The highest BCUT2D eigenvalue weighted by atomic mass is 16.6. The number of hydrogen-bond donors (Lipinski definition) is 1. The maximum absolute atomic E-state index is 12.5. The number of nitro groups is 1. The van der Waals surface area contributed by atoms with Crippen LogP contribution in [0, 0.1) is 24.0 Å². The van der Waals surface area contributed by atoms with Gasteiger partial charge >= 0.3 is 5.97 Å². The van der Waals surface area contributed by atoms with Crippen molar-refractivity contribution in [3.63, 3.8) is 0 Å². The Kier molecular flexibility index (Phi) is 6.12. The Balaban J connectivity index is 2.17. The van der Waals surface area contributed by atoms with Gasteiger partial charge in [0.05, 0.1) is 10.5 Å². The van der Waals surface area contributed by atoms with Crippen molar-refractivity contribution >= 4 is 23.1 Å². The number of Topliss-reactive ketones (excluding diaryl/α,β-unsaturated/α-hetero) is 1. The predicted molar refractivity (Wildman–Crippen MR) is 101 cm³/mol. The lowest BCUT2D eigenvalue weighted by Gasteiger charge is -2.09. The third kappa shape index (κ3) is 4.22. The molecular weight excluding hydrogens is 350 g/mol. The monoisotopic (exact) mass is 371 g/mol. The van der Waals surface area contributed by atoms with Crippen molar-refractivity contribution in [1.82, 2.24) is 4.57 Å². The maximum atomic E-state index is 12.5. The second-order valence-corrected chi connectivity index (χ2v) is 5.92. The summed E-state index contributed by atoms with van der Waals surface area (Å²) < 4.78 is 7.04. The summed E-state index contributed by atoms with van der Waals surface area (Å²) in [7, 11) is 1.58. The quantitative estimate of drug-likeness (QED) is 0.251. The van der Waals surface area contributed by atoms with Crippen LogP contribution in [0.5, 0.6) is 0 Å². The lowest BCUT2D eigenvalue weighted by Crippen LogP contribution is -2.16. The van der Waals surface area contributed by atoms with Crippen LogP contribution in [0.4, 0.5) is 11.4 Å². The normalized spacial score (nSPS) is 10.3. The van der Waals surface area contributed by atoms with E-state index in [0.29, 0.717) is 17.8 Å². The molecule has 2 rings (SSSR count). The van der Waals surface area contributed by atoms with Gasteiger partial charge in [-0.2, -0.15) is 0 Å². The first kappa shape index (κ1) is 19.9. The Morgan fingerprint density at radius 1 is 1.30 bits per heavy atom. The zero-order valence-corrected chi connectivity index (χ0v) is 15.4. The smallest absolute Gasteiger partial charge is 0.340 e. The molecule has 0 saturated heterocycles. The van der Waals surface area contributed by atoms with Gasteiger partial charge in [-0.25, -0.2) is 4.79 Å². The number of hydrogen-bond acceptors (Lipinski definition) is 6. The van der Waals surface area contributed by atoms with Gasteiger partial charge in [0, 0.05) is 48.4 Å². The van der Waals surface area contributed by atoms with Crippen molar-refractivity contribution in [2.45, 2.75) is 20.4 Å². The van der Waals surface area contributed by atoms with E-state index in [4.69, 9.17) is 4.74 Å². The first-order chi connectivity index (χ1) is 12.8. The molecule has 0 radical (unpaired) electrons. The van der Waals surface area contributed by atoms with Crippen molar-refractivity contribution < 1.29 is 19.2 Å². The van der Waals surface area contributed by atoms with Gasteiger partial charge in [0.25, 0.3) is 5.69 Å². The predicted octanol–water partition coefficient (Wildman–Crippen LogP) is 3.28. The molecule has 0 fully saturated rings. The number of aryl methyl sites for hydroxylation is 1. The van der Waals surface area contributed by atoms with Crippen molar-refractivity contribution in [2.75, 3.05) is 19.0 Å². The number of nitrogens with one attached hydrogen (secondary N) is 1. The fourth-order valence-corrected chi connectivity index (χ4v) is 2.81. The molecule has 0 atom stereocenters. The summed E-state index contributed by atoms with van der Waals surface area (Å²) in [5.41, 5.74) is 2.27. The number of benzene rings is 1. The molecule has 0 unspecified atom stereocenters. The number of carbonyl (C=O) groups is 2. The van der Waals surface area contributed by atoms with Crippen LogP contribution in [0.25, 0.3) is 0 Å². The molecular formula is C19H21N3O5. The Morgan fingerprint density at radius 3 is 2.59 bits per heavy atom. The van der Waals surface area contributed by atoms with E-state index in [1.165, 1.54) is 12.1 Å². The molecule has 142 valence electrons. The molecule has 0 aliphatic heterocycles. The number of allylic oxidation sites excluding steroid dienone is 1. The summed E-state index contributed by atoms with van der Waals surface area (Å²) in [5.74, 6) is -1.15. The second-order valence-electron chi connectivity index (χ2n) is 5.92. The van der Waals surface area contributed by atoms with Gasteiger partial charge < -0.3 is 14.6 Å². The highest BCUT2D eigenvalue weighted by Gasteiger charge is 2.20. The molecule has 0 spiro atoms. The van der Waals surface area contributed by atoms with E-state index in [1.807, 2.05) is 18.4 Å². The molecule has 1 heterocycles. The van der Waals surface area contributed by atoms with Crippen LogP contribution in [0.2, 0.25) is 0 Å². The zero-order valence-electron chi connectivity index (χ0n) is 15.4. The van der Waals surface area contributed by atoms with Gasteiger partial charge in [0.15, 0.2) is 6.61 Å². The Morgan fingerprint density at radius 2 is 2.00 bits per heavy atom. The maximum Gasteiger partial charge on any atom is 0.340 e. The van der Waals surface area contributed by atoms with E-state index in [0.717, 1.165) is 17.5 Å². The molecule has 8 heteroatoms. The number of rotatable bonds is 8. The third-order valence-electron chi connectivity index (χ3n) is 4.22. The SMILES string of the molecule is C=CCn1c(C)cc(C(=O)COC(=O)c2cc([N+](=O)[O-])ccc2NC)c1C. The Hall–Kier alpha value is -3.42. The summed E-state index contributed by atoms with van der Waals surface area (Å²) >= 11 is 0. The van der Waals surface area contributed by atoms with E-state index < -0.39 is 17.5 Å². The molecule has 27 heavy (non-hydrogen) atoms. The van der Waals surface area contributed by atoms with Gasteiger partial charge in [-0.1, -0.05) is 6.08 Å². The molecule has 0 aliphatic rings. The number of carbonyl (C=O) groups excluding carboxylic acids is 2.